The predicted octanol–water partition coefficient (Wildman–Crippen LogP) is 3.40. The Labute approximate surface area is 183 Å². The van der Waals surface area contributed by atoms with Gasteiger partial charge in [0.2, 0.25) is 0 Å². The van der Waals surface area contributed by atoms with E-state index in [0.717, 1.165) is 55.3 Å². The number of fused-ring (bicyclic) bond motifs is 1. The molecule has 2 N–H and O–H groups in total. The second-order valence-corrected chi connectivity index (χ2v) is 8.48. The van der Waals surface area contributed by atoms with Crippen molar-refractivity contribution in [3.63, 3.8) is 0 Å². The van der Waals surface area contributed by atoms with Gasteiger partial charge in [-0.3, -0.25) is 19.8 Å². The third-order valence-corrected chi connectivity index (χ3v) is 5.80. The first-order valence-corrected chi connectivity index (χ1v) is 11.0. The van der Waals surface area contributed by atoms with E-state index in [0.29, 0.717) is 12.8 Å². The molecule has 1 saturated heterocycles. The van der Waals surface area contributed by atoms with E-state index >= 15 is 0 Å². The van der Waals surface area contributed by atoms with E-state index in [1.165, 1.54) is 5.56 Å². The minimum absolute atomic E-state index is 0.195. The molecule has 2 aromatic heterocycles. The highest BCUT2D eigenvalue weighted by molar-refractivity contribution is 5.90. The number of pyridine rings is 1. The Morgan fingerprint density at radius 2 is 2.00 bits per heavy atom. The third-order valence-electron chi connectivity index (χ3n) is 5.80. The van der Waals surface area contributed by atoms with Crippen LogP contribution >= 0.6 is 0 Å². The Morgan fingerprint density at radius 1 is 1.23 bits per heavy atom. The zero-order valence-electron chi connectivity index (χ0n) is 18.3. The second-order valence-electron chi connectivity index (χ2n) is 8.48. The number of morpholine rings is 1. The smallest absolute Gasteiger partial charge is 0.157 e. The molecule has 0 bridgehead atoms. The van der Waals surface area contributed by atoms with Crippen LogP contribution in [0.5, 0.6) is 0 Å². The van der Waals surface area contributed by atoms with Crippen LogP contribution < -0.4 is 5.32 Å². The number of carbonyl (C=O) groups is 1. The van der Waals surface area contributed by atoms with Crippen LogP contribution in [0.15, 0.2) is 42.6 Å². The third kappa shape index (κ3) is 5.68. The molecule has 0 spiro atoms. The molecule has 0 aliphatic carbocycles. The van der Waals surface area contributed by atoms with Gasteiger partial charge < -0.3 is 10.1 Å². The maximum atomic E-state index is 12.6. The lowest BCUT2D eigenvalue weighted by Crippen LogP contribution is -2.42. The van der Waals surface area contributed by atoms with Crippen molar-refractivity contribution in [3.8, 4) is 0 Å². The number of H-pyrrole nitrogens is 1. The van der Waals surface area contributed by atoms with Crippen LogP contribution in [-0.2, 0) is 16.0 Å². The molecule has 164 valence electrons. The molecule has 3 heterocycles. The Bertz CT molecular complexity index is 998. The molecule has 1 aliphatic heterocycles. The van der Waals surface area contributed by atoms with Gasteiger partial charge >= 0.3 is 0 Å². The highest BCUT2D eigenvalue weighted by Gasteiger charge is 2.17. The average Bonchev–Trinajstić information content (AvgIpc) is 3.16. The topological polar surface area (TPSA) is 83.1 Å². The largest absolute Gasteiger partial charge is 0.379 e. The number of carbonyl (C=O) groups excluding carboxylic acids is 1. The zero-order valence-corrected chi connectivity index (χ0v) is 18.3. The van der Waals surface area contributed by atoms with Crippen molar-refractivity contribution in [1.82, 2.24) is 20.1 Å². The van der Waals surface area contributed by atoms with Crippen LogP contribution in [-0.4, -0.2) is 64.8 Å². The molecule has 4 rings (SSSR count). The summed E-state index contributed by atoms with van der Waals surface area (Å²) >= 11 is 0. The van der Waals surface area contributed by atoms with Gasteiger partial charge in [-0.2, -0.15) is 5.10 Å². The maximum Gasteiger partial charge on any atom is 0.157 e. The second kappa shape index (κ2) is 10.0. The molecule has 0 amide bonds. The molecular formula is C24H31N5O2. The first-order chi connectivity index (χ1) is 15.1. The van der Waals surface area contributed by atoms with E-state index in [-0.39, 0.29) is 17.7 Å². The van der Waals surface area contributed by atoms with Crippen LogP contribution in [0.2, 0.25) is 0 Å². The Morgan fingerprint density at radius 3 is 2.77 bits per heavy atom. The number of aromatic nitrogens is 3. The van der Waals surface area contributed by atoms with Gasteiger partial charge in [-0.25, -0.2) is 0 Å². The molecule has 7 heteroatoms. The number of ketones is 1. The first kappa shape index (κ1) is 21.5. The van der Waals surface area contributed by atoms with Crippen LogP contribution in [0.4, 0.5) is 5.82 Å². The van der Waals surface area contributed by atoms with Crippen molar-refractivity contribution in [3.05, 3.63) is 53.9 Å². The fraction of sp³-hybridized carbons (Fsp3) is 0.458. The summed E-state index contributed by atoms with van der Waals surface area (Å²) < 4.78 is 5.42. The molecule has 1 aliphatic rings. The van der Waals surface area contributed by atoms with E-state index in [1.807, 2.05) is 30.5 Å². The summed E-state index contributed by atoms with van der Waals surface area (Å²) in [5.74, 6) is 1.20. The summed E-state index contributed by atoms with van der Waals surface area (Å²) in [6, 6.07) is 12.3. The van der Waals surface area contributed by atoms with Gasteiger partial charge in [-0.15, -0.1) is 0 Å². The van der Waals surface area contributed by atoms with Crippen LogP contribution in [0, 0.1) is 0 Å². The Balaban J connectivity index is 1.35. The number of aromatic amines is 1. The number of hydrogen-bond donors (Lipinski definition) is 2. The summed E-state index contributed by atoms with van der Waals surface area (Å²) in [5.41, 5.74) is 2.86. The number of benzene rings is 1. The number of nitrogens with one attached hydrogen (secondary N) is 2. The first-order valence-electron chi connectivity index (χ1n) is 11.0. The van der Waals surface area contributed by atoms with Gasteiger partial charge in [0.1, 0.15) is 5.78 Å². The lowest BCUT2D eigenvalue weighted by Gasteiger charge is -2.29. The summed E-state index contributed by atoms with van der Waals surface area (Å²) in [4.78, 5) is 19.5. The number of nitrogens with zero attached hydrogens (tertiary/aromatic N) is 3. The number of Topliss-reactive ketones (excluding diaryl/α,β-unsaturated/α-hetero) is 1. The van der Waals surface area contributed by atoms with E-state index in [1.54, 1.807) is 0 Å². The summed E-state index contributed by atoms with van der Waals surface area (Å²) in [5, 5.41) is 11.9. The van der Waals surface area contributed by atoms with Gasteiger partial charge in [0.15, 0.2) is 5.82 Å². The highest BCUT2D eigenvalue weighted by atomic mass is 16.5. The van der Waals surface area contributed by atoms with Crippen LogP contribution in [0.25, 0.3) is 10.9 Å². The van der Waals surface area contributed by atoms with Crippen molar-refractivity contribution in [1.29, 1.82) is 0 Å². The van der Waals surface area contributed by atoms with Gasteiger partial charge in [0, 0.05) is 50.4 Å². The molecule has 0 radical (unpaired) electrons. The lowest BCUT2D eigenvalue weighted by atomic mass is 9.94. The quantitative estimate of drug-likeness (QED) is 0.551. The lowest BCUT2D eigenvalue weighted by molar-refractivity contribution is -0.118. The maximum absolute atomic E-state index is 12.6. The molecule has 1 fully saturated rings. The van der Waals surface area contributed by atoms with Gasteiger partial charge in [0.25, 0.3) is 0 Å². The van der Waals surface area contributed by atoms with Gasteiger partial charge in [0.05, 0.1) is 24.1 Å². The molecule has 2 atom stereocenters. The fourth-order valence-electron chi connectivity index (χ4n) is 4.13. The van der Waals surface area contributed by atoms with Crippen molar-refractivity contribution in [2.75, 3.05) is 38.2 Å². The fourth-order valence-corrected chi connectivity index (χ4v) is 4.13. The normalized spacial score (nSPS) is 16.8. The summed E-state index contributed by atoms with van der Waals surface area (Å²) in [6.45, 7) is 8.72. The predicted molar refractivity (Wildman–Crippen MR) is 122 cm³/mol. The number of ether oxygens (including phenoxy) is 1. The zero-order chi connectivity index (χ0) is 21.6. The van der Waals surface area contributed by atoms with E-state index in [4.69, 9.17) is 4.74 Å². The van der Waals surface area contributed by atoms with Crippen molar-refractivity contribution in [2.45, 2.75) is 38.6 Å². The SMILES string of the molecule is CC(CN1CCOCC1)Nc1n[nH]c2cc(CC(=O)C[C@H](C)c3ccccc3)ncc12. The molecule has 7 nitrogen and oxygen atoms in total. The van der Waals surface area contributed by atoms with Crippen LogP contribution in [0.1, 0.15) is 37.4 Å². The van der Waals surface area contributed by atoms with E-state index < -0.39 is 0 Å². The van der Waals surface area contributed by atoms with Gasteiger partial charge in [-0.05, 0) is 24.5 Å². The van der Waals surface area contributed by atoms with E-state index in [9.17, 15) is 4.79 Å². The standard InChI is InChI=1S/C24H31N5O2/c1-17(19-6-4-3-5-7-19)12-21(30)13-20-14-23-22(15-25-20)24(28-27-23)26-18(2)16-29-8-10-31-11-9-29/h3-7,14-15,17-18H,8-13,16H2,1-2H3,(H2,26,27,28)/t17-,18?/m0/s1. The number of rotatable bonds is 9. The van der Waals surface area contributed by atoms with Crippen LogP contribution in [0.3, 0.4) is 0 Å². The van der Waals surface area contributed by atoms with Gasteiger partial charge in [-0.1, -0.05) is 37.3 Å². The molecule has 3 aromatic rings. The molecule has 1 unspecified atom stereocenters. The van der Waals surface area contributed by atoms with Crippen molar-refractivity contribution < 1.29 is 9.53 Å². The average molecular weight is 422 g/mol. The number of hydrogen-bond acceptors (Lipinski definition) is 6. The summed E-state index contributed by atoms with van der Waals surface area (Å²) in [6.07, 6.45) is 2.66. The number of anilines is 1. The minimum Gasteiger partial charge on any atom is -0.379 e. The van der Waals surface area contributed by atoms with Crippen molar-refractivity contribution in [2.24, 2.45) is 0 Å². The monoisotopic (exact) mass is 421 g/mol. The molecule has 1 aromatic carbocycles. The molecule has 31 heavy (non-hydrogen) atoms. The summed E-state index contributed by atoms with van der Waals surface area (Å²) in [7, 11) is 0. The molecular weight excluding hydrogens is 390 g/mol. The Hall–Kier alpha value is -2.77. The minimum atomic E-state index is 0.195. The van der Waals surface area contributed by atoms with Crippen molar-refractivity contribution >= 4 is 22.5 Å². The molecule has 0 saturated carbocycles. The van der Waals surface area contributed by atoms with E-state index in [2.05, 4.69) is 51.4 Å². The Kier molecular flexibility index (Phi) is 6.94. The highest BCUT2D eigenvalue weighted by Crippen LogP contribution is 2.23.